The normalized spacial score (nSPS) is 10.6. The first-order chi connectivity index (χ1) is 11.1. The maximum Gasteiger partial charge on any atom is 0.380 e. The number of carbonyl (C=O) groups excluding carboxylic acids is 1. The number of rotatable bonds is 4. The van der Waals surface area contributed by atoms with Crippen LogP contribution in [0.1, 0.15) is 16.1 Å². The summed E-state index contributed by atoms with van der Waals surface area (Å²) in [4.78, 5) is 12.4. The lowest BCUT2D eigenvalue weighted by Crippen LogP contribution is -2.09. The number of hydrogen-bond donors (Lipinski definition) is 0. The first-order valence-electron chi connectivity index (χ1n) is 7.06. The molecule has 0 N–H and O–H groups in total. The molecule has 0 bridgehead atoms. The average molecular weight is 312 g/mol. The molecule has 1 aromatic heterocycles. The molecule has 5 heteroatoms. The van der Waals surface area contributed by atoms with E-state index in [2.05, 4.69) is 0 Å². The molecule has 3 aromatic rings. The summed E-state index contributed by atoms with van der Waals surface area (Å²) in [5, 5.41) is 0.816. The molecule has 0 amide bonds. The van der Waals surface area contributed by atoms with Crippen LogP contribution in [0.3, 0.4) is 0 Å². The number of fused-ring (bicyclic) bond motifs is 1. The predicted octanol–water partition coefficient (Wildman–Crippen LogP) is 3.98. The van der Waals surface area contributed by atoms with Gasteiger partial charge in [0.05, 0.1) is 14.2 Å². The van der Waals surface area contributed by atoms with Crippen LogP contribution in [0.5, 0.6) is 17.2 Å². The van der Waals surface area contributed by atoms with Gasteiger partial charge in [0.25, 0.3) is 0 Å². The number of aryl methyl sites for hydroxylation is 1. The largest absolute Gasteiger partial charge is 0.497 e. The fraction of sp³-hybridized carbons (Fsp3) is 0.167. The van der Waals surface area contributed by atoms with Crippen LogP contribution in [0.15, 0.2) is 46.9 Å². The van der Waals surface area contributed by atoms with Gasteiger partial charge in [-0.1, -0.05) is 12.1 Å². The molecule has 23 heavy (non-hydrogen) atoms. The quantitative estimate of drug-likeness (QED) is 0.539. The number of ether oxygens (including phenoxy) is 3. The SMILES string of the molecule is COc1ccc2oc(C(=O)Oc3ccccc3OC)c(C)c2c1. The van der Waals surface area contributed by atoms with Crippen LogP contribution in [-0.4, -0.2) is 20.2 Å². The number of carbonyl (C=O) groups is 1. The highest BCUT2D eigenvalue weighted by Gasteiger charge is 2.21. The topological polar surface area (TPSA) is 57.9 Å². The van der Waals surface area contributed by atoms with Crippen molar-refractivity contribution < 1.29 is 23.4 Å². The highest BCUT2D eigenvalue weighted by atomic mass is 16.6. The molecule has 1 heterocycles. The minimum atomic E-state index is -0.567. The first kappa shape index (κ1) is 15.0. The van der Waals surface area contributed by atoms with Crippen LogP contribution in [0.2, 0.25) is 0 Å². The fourth-order valence-corrected chi connectivity index (χ4v) is 2.37. The molecule has 3 rings (SSSR count). The van der Waals surface area contributed by atoms with Gasteiger partial charge in [0.1, 0.15) is 11.3 Å². The summed E-state index contributed by atoms with van der Waals surface area (Å²) in [6, 6.07) is 12.3. The number of hydrogen-bond acceptors (Lipinski definition) is 5. The summed E-state index contributed by atoms with van der Waals surface area (Å²) < 4.78 is 21.4. The Bertz CT molecular complexity index is 863. The van der Waals surface area contributed by atoms with Crippen molar-refractivity contribution in [2.24, 2.45) is 0 Å². The van der Waals surface area contributed by atoms with Gasteiger partial charge >= 0.3 is 5.97 Å². The highest BCUT2D eigenvalue weighted by molar-refractivity contribution is 5.97. The molecule has 5 nitrogen and oxygen atoms in total. The summed E-state index contributed by atoms with van der Waals surface area (Å²) in [6.45, 7) is 1.81. The zero-order valence-corrected chi connectivity index (χ0v) is 13.1. The second-order valence-electron chi connectivity index (χ2n) is 4.96. The molecule has 118 valence electrons. The van der Waals surface area contributed by atoms with E-state index in [1.807, 2.05) is 13.0 Å². The molecular formula is C18H16O5. The van der Waals surface area contributed by atoms with E-state index in [9.17, 15) is 4.79 Å². The Hall–Kier alpha value is -2.95. The lowest BCUT2D eigenvalue weighted by Gasteiger charge is -2.07. The van der Waals surface area contributed by atoms with Gasteiger partial charge < -0.3 is 18.6 Å². The zero-order valence-electron chi connectivity index (χ0n) is 13.1. The molecule has 0 atom stereocenters. The Balaban J connectivity index is 1.96. The van der Waals surface area contributed by atoms with Crippen molar-refractivity contribution in [3.63, 3.8) is 0 Å². The minimum absolute atomic E-state index is 0.166. The van der Waals surface area contributed by atoms with Gasteiger partial charge in [-0.25, -0.2) is 4.79 Å². The molecule has 0 unspecified atom stereocenters. The maximum atomic E-state index is 12.4. The van der Waals surface area contributed by atoms with Crippen LogP contribution in [0.4, 0.5) is 0 Å². The lowest BCUT2D eigenvalue weighted by molar-refractivity contribution is 0.0698. The van der Waals surface area contributed by atoms with Gasteiger partial charge in [-0.3, -0.25) is 0 Å². The Kier molecular flexibility index (Phi) is 3.93. The third-order valence-corrected chi connectivity index (χ3v) is 3.60. The molecule has 0 spiro atoms. The van der Waals surface area contributed by atoms with E-state index in [1.54, 1.807) is 43.5 Å². The lowest BCUT2D eigenvalue weighted by atomic mass is 10.1. The van der Waals surface area contributed by atoms with Crippen molar-refractivity contribution >= 4 is 16.9 Å². The van der Waals surface area contributed by atoms with E-state index < -0.39 is 5.97 Å². The van der Waals surface area contributed by atoms with Crippen LogP contribution in [0, 0.1) is 6.92 Å². The van der Waals surface area contributed by atoms with Gasteiger partial charge in [-0.05, 0) is 37.3 Å². The predicted molar refractivity (Wildman–Crippen MR) is 85.5 cm³/mol. The van der Waals surface area contributed by atoms with Crippen LogP contribution in [-0.2, 0) is 0 Å². The molecule has 0 aliphatic carbocycles. The van der Waals surface area contributed by atoms with Crippen LogP contribution >= 0.6 is 0 Å². The Morgan fingerprint density at radius 2 is 1.74 bits per heavy atom. The van der Waals surface area contributed by atoms with Gasteiger partial charge in [0.2, 0.25) is 5.76 Å². The second kappa shape index (κ2) is 6.04. The van der Waals surface area contributed by atoms with E-state index in [4.69, 9.17) is 18.6 Å². The highest BCUT2D eigenvalue weighted by Crippen LogP contribution is 2.31. The van der Waals surface area contributed by atoms with Crippen molar-refractivity contribution in [1.29, 1.82) is 0 Å². The molecule has 0 aliphatic heterocycles. The zero-order chi connectivity index (χ0) is 16.4. The van der Waals surface area contributed by atoms with E-state index >= 15 is 0 Å². The van der Waals surface area contributed by atoms with Gasteiger partial charge in [-0.2, -0.15) is 0 Å². The third kappa shape index (κ3) is 2.73. The molecule has 0 fully saturated rings. The third-order valence-electron chi connectivity index (χ3n) is 3.60. The minimum Gasteiger partial charge on any atom is -0.497 e. The summed E-state index contributed by atoms with van der Waals surface area (Å²) in [5.41, 5.74) is 1.31. The fourth-order valence-electron chi connectivity index (χ4n) is 2.37. The smallest absolute Gasteiger partial charge is 0.380 e. The molecule has 0 aliphatic rings. The Morgan fingerprint density at radius 3 is 2.43 bits per heavy atom. The number of methoxy groups -OCH3 is 2. The second-order valence-corrected chi connectivity index (χ2v) is 4.96. The van der Waals surface area contributed by atoms with Crippen molar-refractivity contribution in [3.8, 4) is 17.2 Å². The first-order valence-corrected chi connectivity index (χ1v) is 7.06. The molecule has 0 radical (unpaired) electrons. The van der Waals surface area contributed by atoms with Crippen molar-refractivity contribution in [2.45, 2.75) is 6.92 Å². The van der Waals surface area contributed by atoms with Crippen molar-refractivity contribution in [1.82, 2.24) is 0 Å². The van der Waals surface area contributed by atoms with Gasteiger partial charge in [0, 0.05) is 10.9 Å². The van der Waals surface area contributed by atoms with Crippen molar-refractivity contribution in [3.05, 3.63) is 53.8 Å². The summed E-state index contributed by atoms with van der Waals surface area (Å²) in [6.07, 6.45) is 0. The van der Waals surface area contributed by atoms with E-state index in [-0.39, 0.29) is 5.76 Å². The Labute approximate surface area is 133 Å². The number of furan rings is 1. The van der Waals surface area contributed by atoms with Crippen LogP contribution < -0.4 is 14.2 Å². The molecule has 0 saturated carbocycles. The molecular weight excluding hydrogens is 296 g/mol. The van der Waals surface area contributed by atoms with E-state index in [1.165, 1.54) is 7.11 Å². The van der Waals surface area contributed by atoms with E-state index in [0.717, 1.165) is 5.39 Å². The van der Waals surface area contributed by atoms with Gasteiger partial charge in [-0.15, -0.1) is 0 Å². The number of esters is 1. The maximum absolute atomic E-state index is 12.4. The number of para-hydroxylation sites is 2. The Morgan fingerprint density at radius 1 is 1.00 bits per heavy atom. The number of benzene rings is 2. The summed E-state index contributed by atoms with van der Waals surface area (Å²) in [5.74, 6) is 1.13. The van der Waals surface area contributed by atoms with E-state index in [0.29, 0.717) is 28.4 Å². The average Bonchev–Trinajstić information content (AvgIpc) is 2.91. The van der Waals surface area contributed by atoms with Crippen molar-refractivity contribution in [2.75, 3.05) is 14.2 Å². The van der Waals surface area contributed by atoms with Crippen LogP contribution in [0.25, 0.3) is 11.0 Å². The molecule has 2 aromatic carbocycles. The standard InChI is InChI=1S/C18H16O5/c1-11-13-10-12(20-2)8-9-14(13)22-17(11)18(19)23-16-7-5-4-6-15(16)21-3/h4-10H,1-3H3. The summed E-state index contributed by atoms with van der Waals surface area (Å²) in [7, 11) is 3.11. The summed E-state index contributed by atoms with van der Waals surface area (Å²) >= 11 is 0. The monoisotopic (exact) mass is 312 g/mol. The van der Waals surface area contributed by atoms with Gasteiger partial charge in [0.15, 0.2) is 11.5 Å². The molecule has 0 saturated heterocycles.